The van der Waals surface area contributed by atoms with Crippen LogP contribution in [-0.4, -0.2) is 9.97 Å². The highest BCUT2D eigenvalue weighted by molar-refractivity contribution is 5.27. The second-order valence-electron chi connectivity index (χ2n) is 3.45. The third-order valence-electron chi connectivity index (χ3n) is 2.32. The number of nitrogens with zero attached hydrogens (tertiary/aromatic N) is 2. The highest BCUT2D eigenvalue weighted by atomic mass is 16.5. The van der Waals surface area contributed by atoms with Gasteiger partial charge in [0.2, 0.25) is 0 Å². The van der Waals surface area contributed by atoms with Crippen molar-refractivity contribution in [2.75, 3.05) is 0 Å². The molecule has 0 aliphatic heterocycles. The number of ether oxygens (including phenoxy) is 1. The molecule has 0 fully saturated rings. The minimum absolute atomic E-state index is 0.409. The summed E-state index contributed by atoms with van der Waals surface area (Å²) in [6.45, 7) is 2.54. The van der Waals surface area contributed by atoms with E-state index in [-0.39, 0.29) is 0 Å². The van der Waals surface area contributed by atoms with Crippen LogP contribution in [0.5, 0.6) is 5.75 Å². The van der Waals surface area contributed by atoms with Gasteiger partial charge in [-0.05, 0) is 30.2 Å². The summed E-state index contributed by atoms with van der Waals surface area (Å²) in [7, 11) is 0. The van der Waals surface area contributed by atoms with Crippen LogP contribution in [-0.2, 0) is 13.0 Å². The van der Waals surface area contributed by atoms with Crippen molar-refractivity contribution in [3.63, 3.8) is 0 Å². The largest absolute Gasteiger partial charge is 0.486 e. The van der Waals surface area contributed by atoms with Gasteiger partial charge in [-0.1, -0.05) is 19.1 Å². The van der Waals surface area contributed by atoms with E-state index in [1.165, 1.54) is 5.56 Å². The van der Waals surface area contributed by atoms with Crippen LogP contribution in [0.1, 0.15) is 18.3 Å². The van der Waals surface area contributed by atoms with Gasteiger partial charge in [0.05, 0.1) is 0 Å². The van der Waals surface area contributed by atoms with Gasteiger partial charge in [0.15, 0.2) is 5.82 Å². The average Bonchev–Trinajstić information content (AvgIpc) is 2.38. The molecule has 0 unspecified atom stereocenters. The van der Waals surface area contributed by atoms with E-state index < -0.39 is 0 Å². The predicted octanol–water partition coefficient (Wildman–Crippen LogP) is 2.62. The number of hydrogen-bond donors (Lipinski definition) is 0. The quantitative estimate of drug-likeness (QED) is 0.784. The molecule has 0 N–H and O–H groups in total. The molecule has 3 nitrogen and oxygen atoms in total. The third-order valence-corrected chi connectivity index (χ3v) is 2.32. The highest BCUT2D eigenvalue weighted by Gasteiger charge is 1.97. The van der Waals surface area contributed by atoms with Gasteiger partial charge in [0.25, 0.3) is 0 Å². The van der Waals surface area contributed by atoms with Crippen molar-refractivity contribution in [2.24, 2.45) is 0 Å². The lowest BCUT2D eigenvalue weighted by molar-refractivity contribution is 0.295. The Morgan fingerprint density at radius 1 is 1.06 bits per heavy atom. The van der Waals surface area contributed by atoms with Crippen LogP contribution >= 0.6 is 0 Å². The van der Waals surface area contributed by atoms with Crippen LogP contribution in [0.25, 0.3) is 0 Å². The molecule has 0 amide bonds. The molecule has 0 atom stereocenters. The van der Waals surface area contributed by atoms with E-state index in [0.29, 0.717) is 12.4 Å². The average molecular weight is 214 g/mol. The normalized spacial score (nSPS) is 10.1. The summed E-state index contributed by atoms with van der Waals surface area (Å²) in [4.78, 5) is 8.18. The van der Waals surface area contributed by atoms with Gasteiger partial charge in [-0.3, -0.25) is 0 Å². The Morgan fingerprint density at radius 3 is 2.38 bits per heavy atom. The molecule has 1 aromatic heterocycles. The molecule has 0 aliphatic rings. The Bertz CT molecular complexity index is 425. The third kappa shape index (κ3) is 2.79. The molecule has 0 spiro atoms. The maximum atomic E-state index is 5.57. The Balaban J connectivity index is 1.94. The lowest BCUT2D eigenvalue weighted by Crippen LogP contribution is -2.00. The zero-order valence-electron chi connectivity index (χ0n) is 9.26. The minimum atomic E-state index is 0.409. The van der Waals surface area contributed by atoms with Crippen LogP contribution in [0.3, 0.4) is 0 Å². The molecule has 0 saturated carbocycles. The van der Waals surface area contributed by atoms with Crippen molar-refractivity contribution in [1.29, 1.82) is 0 Å². The predicted molar refractivity (Wildman–Crippen MR) is 62.2 cm³/mol. The highest BCUT2D eigenvalue weighted by Crippen LogP contribution is 2.13. The number of hydrogen-bond acceptors (Lipinski definition) is 3. The minimum Gasteiger partial charge on any atom is -0.486 e. The van der Waals surface area contributed by atoms with E-state index in [1.807, 2.05) is 12.1 Å². The van der Waals surface area contributed by atoms with E-state index in [4.69, 9.17) is 4.74 Å². The van der Waals surface area contributed by atoms with Crippen LogP contribution < -0.4 is 4.74 Å². The Kier molecular flexibility index (Phi) is 3.49. The fraction of sp³-hybridized carbons (Fsp3) is 0.231. The molecule has 2 aromatic rings. The fourth-order valence-electron chi connectivity index (χ4n) is 1.37. The summed E-state index contributed by atoms with van der Waals surface area (Å²) in [5, 5.41) is 0. The van der Waals surface area contributed by atoms with Crippen molar-refractivity contribution in [2.45, 2.75) is 20.0 Å². The summed E-state index contributed by atoms with van der Waals surface area (Å²) < 4.78 is 5.57. The Morgan fingerprint density at radius 2 is 1.75 bits per heavy atom. The number of aromatic nitrogens is 2. The van der Waals surface area contributed by atoms with Gasteiger partial charge in [-0.2, -0.15) is 0 Å². The summed E-state index contributed by atoms with van der Waals surface area (Å²) in [6.07, 6.45) is 4.47. The molecular formula is C13H14N2O. The molecule has 1 heterocycles. The van der Waals surface area contributed by atoms with Crippen molar-refractivity contribution in [1.82, 2.24) is 9.97 Å². The van der Waals surface area contributed by atoms with E-state index >= 15 is 0 Å². The molecular weight excluding hydrogens is 200 g/mol. The molecule has 0 radical (unpaired) electrons. The van der Waals surface area contributed by atoms with Gasteiger partial charge >= 0.3 is 0 Å². The lowest BCUT2D eigenvalue weighted by atomic mass is 10.2. The summed E-state index contributed by atoms with van der Waals surface area (Å²) in [6, 6.07) is 9.88. The molecule has 82 valence electrons. The fourth-order valence-corrected chi connectivity index (χ4v) is 1.37. The standard InChI is InChI=1S/C13H14N2O/c1-2-11-4-6-12(7-5-11)16-10-13-14-8-3-9-15-13/h3-9H,2,10H2,1H3. The van der Waals surface area contributed by atoms with E-state index in [0.717, 1.165) is 12.2 Å². The molecule has 0 saturated heterocycles. The Hall–Kier alpha value is -1.90. The van der Waals surface area contributed by atoms with E-state index in [2.05, 4.69) is 29.0 Å². The number of aryl methyl sites for hydroxylation is 1. The van der Waals surface area contributed by atoms with Crippen molar-refractivity contribution in [3.05, 3.63) is 54.1 Å². The number of rotatable bonds is 4. The van der Waals surface area contributed by atoms with E-state index in [9.17, 15) is 0 Å². The maximum absolute atomic E-state index is 5.57. The van der Waals surface area contributed by atoms with Crippen molar-refractivity contribution < 1.29 is 4.74 Å². The maximum Gasteiger partial charge on any atom is 0.166 e. The molecule has 0 aliphatic carbocycles. The summed E-state index contributed by atoms with van der Waals surface area (Å²) in [5.74, 6) is 1.55. The second-order valence-corrected chi connectivity index (χ2v) is 3.45. The smallest absolute Gasteiger partial charge is 0.166 e. The first-order valence-corrected chi connectivity index (χ1v) is 5.36. The lowest BCUT2D eigenvalue weighted by Gasteiger charge is -2.05. The molecule has 3 heteroatoms. The van der Waals surface area contributed by atoms with Crippen LogP contribution in [0.4, 0.5) is 0 Å². The first-order valence-electron chi connectivity index (χ1n) is 5.36. The van der Waals surface area contributed by atoms with Crippen molar-refractivity contribution >= 4 is 0 Å². The van der Waals surface area contributed by atoms with E-state index in [1.54, 1.807) is 18.5 Å². The number of benzene rings is 1. The van der Waals surface area contributed by atoms with Gasteiger partial charge in [-0.25, -0.2) is 9.97 Å². The SMILES string of the molecule is CCc1ccc(OCc2ncccn2)cc1. The van der Waals surface area contributed by atoms with Gasteiger partial charge in [-0.15, -0.1) is 0 Å². The molecule has 16 heavy (non-hydrogen) atoms. The zero-order chi connectivity index (χ0) is 11.2. The molecule has 0 bridgehead atoms. The van der Waals surface area contributed by atoms with Gasteiger partial charge in [0.1, 0.15) is 12.4 Å². The van der Waals surface area contributed by atoms with Crippen LogP contribution in [0, 0.1) is 0 Å². The van der Waals surface area contributed by atoms with Gasteiger partial charge < -0.3 is 4.74 Å². The Labute approximate surface area is 95.1 Å². The van der Waals surface area contributed by atoms with Crippen LogP contribution in [0.2, 0.25) is 0 Å². The molecule has 2 rings (SSSR count). The van der Waals surface area contributed by atoms with Crippen LogP contribution in [0.15, 0.2) is 42.7 Å². The monoisotopic (exact) mass is 214 g/mol. The topological polar surface area (TPSA) is 35.0 Å². The summed E-state index contributed by atoms with van der Waals surface area (Å²) in [5.41, 5.74) is 1.31. The first-order chi connectivity index (χ1) is 7.88. The second kappa shape index (κ2) is 5.26. The zero-order valence-corrected chi connectivity index (χ0v) is 9.26. The summed E-state index contributed by atoms with van der Waals surface area (Å²) >= 11 is 0. The molecule has 1 aromatic carbocycles. The first kappa shape index (κ1) is 10.6. The van der Waals surface area contributed by atoms with Gasteiger partial charge in [0, 0.05) is 12.4 Å². The van der Waals surface area contributed by atoms with Crippen molar-refractivity contribution in [3.8, 4) is 5.75 Å².